The minimum absolute atomic E-state index is 0.0779. The topological polar surface area (TPSA) is 110 Å². The molecule has 0 aliphatic heterocycles. The molecule has 1 unspecified atom stereocenters. The Morgan fingerprint density at radius 1 is 1.17 bits per heavy atom. The average molecular weight is 392 g/mol. The Labute approximate surface area is 167 Å². The molecule has 148 valence electrons. The first-order chi connectivity index (χ1) is 13.9. The van der Waals surface area contributed by atoms with Gasteiger partial charge in [-0.1, -0.05) is 0 Å². The van der Waals surface area contributed by atoms with Crippen molar-refractivity contribution in [3.05, 3.63) is 63.2 Å². The number of nitro groups is 1. The van der Waals surface area contributed by atoms with Crippen LogP contribution in [0.15, 0.2) is 36.4 Å². The van der Waals surface area contributed by atoms with Crippen molar-refractivity contribution in [2.45, 2.75) is 19.9 Å². The van der Waals surface area contributed by atoms with Gasteiger partial charge in [-0.25, -0.2) is 4.98 Å². The van der Waals surface area contributed by atoms with Crippen molar-refractivity contribution in [2.24, 2.45) is 0 Å². The number of ether oxygens (including phenoxy) is 2. The number of hydrogen-bond donors (Lipinski definition) is 1. The van der Waals surface area contributed by atoms with Crippen LogP contribution in [0.5, 0.6) is 11.5 Å². The van der Waals surface area contributed by atoms with Gasteiger partial charge in [-0.3, -0.25) is 10.1 Å². The maximum Gasteiger partial charge on any atom is 0.270 e. The fourth-order valence-electron chi connectivity index (χ4n) is 3.26. The number of nitro benzene ring substituents is 1. The summed E-state index contributed by atoms with van der Waals surface area (Å²) in [5.74, 6) is 1.78. The standard InChI is InChI=1S/C21H20N4O4/c1-12-7-19(28-3)20(29-4)10-16(12)13(2)23-21-8-14(11-22)17-9-15(25(26)27)5-6-18(17)24-21/h5-10,13H,1-4H3,(H,23,24). The molecule has 1 atom stereocenters. The number of non-ortho nitro benzene ring substituents is 1. The summed E-state index contributed by atoms with van der Waals surface area (Å²) in [4.78, 5) is 15.0. The van der Waals surface area contributed by atoms with Gasteiger partial charge in [0.1, 0.15) is 5.82 Å². The van der Waals surface area contributed by atoms with Gasteiger partial charge >= 0.3 is 0 Å². The zero-order valence-electron chi connectivity index (χ0n) is 16.5. The molecule has 8 heteroatoms. The second-order valence-electron chi connectivity index (χ2n) is 6.56. The van der Waals surface area contributed by atoms with Crippen LogP contribution in [0.25, 0.3) is 10.9 Å². The van der Waals surface area contributed by atoms with Gasteiger partial charge in [-0.2, -0.15) is 5.26 Å². The number of fused-ring (bicyclic) bond motifs is 1. The van der Waals surface area contributed by atoms with E-state index in [-0.39, 0.29) is 11.7 Å². The van der Waals surface area contributed by atoms with Crippen molar-refractivity contribution in [3.8, 4) is 17.6 Å². The van der Waals surface area contributed by atoms with Crippen LogP contribution in [0, 0.1) is 28.4 Å². The quantitative estimate of drug-likeness (QED) is 0.485. The van der Waals surface area contributed by atoms with Crippen LogP contribution in [0.2, 0.25) is 0 Å². The first kappa shape index (κ1) is 19.9. The van der Waals surface area contributed by atoms with Crippen LogP contribution in [-0.2, 0) is 0 Å². The van der Waals surface area contributed by atoms with Gasteiger partial charge in [0.05, 0.1) is 42.3 Å². The summed E-state index contributed by atoms with van der Waals surface area (Å²) in [6.07, 6.45) is 0. The van der Waals surface area contributed by atoms with Crippen molar-refractivity contribution in [1.82, 2.24) is 4.98 Å². The molecule has 0 saturated heterocycles. The van der Waals surface area contributed by atoms with Gasteiger partial charge in [-0.05, 0) is 49.2 Å². The van der Waals surface area contributed by atoms with Crippen LogP contribution in [0.1, 0.15) is 29.7 Å². The number of aromatic nitrogens is 1. The van der Waals surface area contributed by atoms with E-state index in [0.717, 1.165) is 11.1 Å². The molecule has 0 bridgehead atoms. The third-order valence-electron chi connectivity index (χ3n) is 4.73. The maximum absolute atomic E-state index is 11.0. The van der Waals surface area contributed by atoms with Crippen LogP contribution >= 0.6 is 0 Å². The molecule has 3 rings (SSSR count). The molecule has 1 aromatic heterocycles. The van der Waals surface area contributed by atoms with Gasteiger partial charge in [-0.15, -0.1) is 0 Å². The lowest BCUT2D eigenvalue weighted by atomic mass is 10.0. The minimum atomic E-state index is -0.491. The molecule has 0 fully saturated rings. The number of nitrogens with one attached hydrogen (secondary N) is 1. The fourth-order valence-corrected chi connectivity index (χ4v) is 3.26. The van der Waals surface area contributed by atoms with E-state index >= 15 is 0 Å². The van der Waals surface area contributed by atoms with E-state index in [1.807, 2.05) is 26.0 Å². The summed E-state index contributed by atoms with van der Waals surface area (Å²) in [6, 6.07) is 11.7. The Kier molecular flexibility index (Phi) is 5.50. The van der Waals surface area contributed by atoms with Gasteiger partial charge < -0.3 is 14.8 Å². The van der Waals surface area contributed by atoms with Crippen LogP contribution in [-0.4, -0.2) is 24.1 Å². The summed E-state index contributed by atoms with van der Waals surface area (Å²) >= 11 is 0. The van der Waals surface area contributed by atoms with Crippen LogP contribution in [0.4, 0.5) is 11.5 Å². The van der Waals surface area contributed by atoms with Crippen molar-refractivity contribution < 1.29 is 14.4 Å². The fraction of sp³-hybridized carbons (Fsp3) is 0.238. The number of nitrogens with zero attached hydrogens (tertiary/aromatic N) is 3. The maximum atomic E-state index is 11.0. The second kappa shape index (κ2) is 8.02. The number of nitriles is 1. The lowest BCUT2D eigenvalue weighted by molar-refractivity contribution is -0.384. The van der Waals surface area contributed by atoms with E-state index in [1.165, 1.54) is 12.1 Å². The van der Waals surface area contributed by atoms with Gasteiger partial charge in [0.2, 0.25) is 0 Å². The number of rotatable bonds is 6. The highest BCUT2D eigenvalue weighted by Gasteiger charge is 2.16. The highest BCUT2D eigenvalue weighted by Crippen LogP contribution is 2.34. The SMILES string of the molecule is COc1cc(C)c(C(C)Nc2cc(C#N)c3cc([N+](=O)[O-])ccc3n2)cc1OC. The molecule has 2 aromatic carbocycles. The van der Waals surface area contributed by atoms with E-state index < -0.39 is 4.92 Å². The molecule has 0 amide bonds. The van der Waals surface area contributed by atoms with E-state index in [4.69, 9.17) is 9.47 Å². The number of anilines is 1. The third kappa shape index (κ3) is 3.89. The van der Waals surface area contributed by atoms with E-state index in [2.05, 4.69) is 16.4 Å². The summed E-state index contributed by atoms with van der Waals surface area (Å²) in [5, 5.41) is 24.3. The third-order valence-corrected chi connectivity index (χ3v) is 4.73. The van der Waals surface area contributed by atoms with E-state index in [0.29, 0.717) is 33.8 Å². The Balaban J connectivity index is 1.99. The van der Waals surface area contributed by atoms with E-state index in [1.54, 1.807) is 26.4 Å². The van der Waals surface area contributed by atoms with Crippen molar-refractivity contribution in [2.75, 3.05) is 19.5 Å². The monoisotopic (exact) mass is 392 g/mol. The summed E-state index contributed by atoms with van der Waals surface area (Å²) in [7, 11) is 3.17. The van der Waals surface area contributed by atoms with E-state index in [9.17, 15) is 15.4 Å². The molecule has 29 heavy (non-hydrogen) atoms. The van der Waals surface area contributed by atoms with Crippen LogP contribution < -0.4 is 14.8 Å². The second-order valence-corrected chi connectivity index (χ2v) is 6.56. The summed E-state index contributed by atoms with van der Waals surface area (Å²) in [6.45, 7) is 3.95. The minimum Gasteiger partial charge on any atom is -0.493 e. The molecule has 1 N–H and O–H groups in total. The number of methoxy groups -OCH3 is 2. The van der Waals surface area contributed by atoms with Gasteiger partial charge in [0.25, 0.3) is 5.69 Å². The molecule has 3 aromatic rings. The lowest BCUT2D eigenvalue weighted by Crippen LogP contribution is -2.10. The molecule has 0 aliphatic carbocycles. The van der Waals surface area contributed by atoms with Crippen molar-refractivity contribution in [3.63, 3.8) is 0 Å². The zero-order valence-corrected chi connectivity index (χ0v) is 16.5. The largest absolute Gasteiger partial charge is 0.493 e. The molecule has 0 saturated carbocycles. The predicted molar refractivity (Wildman–Crippen MR) is 109 cm³/mol. The molecular weight excluding hydrogens is 372 g/mol. The Bertz CT molecular complexity index is 1140. The summed E-state index contributed by atoms with van der Waals surface area (Å²) < 4.78 is 10.7. The smallest absolute Gasteiger partial charge is 0.270 e. The highest BCUT2D eigenvalue weighted by atomic mass is 16.6. The molecule has 0 aliphatic rings. The Morgan fingerprint density at radius 3 is 2.48 bits per heavy atom. The number of benzene rings is 2. The van der Waals surface area contributed by atoms with Crippen LogP contribution in [0.3, 0.4) is 0 Å². The zero-order chi connectivity index (χ0) is 21.1. The van der Waals surface area contributed by atoms with Gasteiger partial charge in [0, 0.05) is 17.5 Å². The van der Waals surface area contributed by atoms with Crippen molar-refractivity contribution in [1.29, 1.82) is 5.26 Å². The summed E-state index contributed by atoms with van der Waals surface area (Å²) in [5.41, 5.74) is 2.75. The molecular formula is C21H20N4O4. The highest BCUT2D eigenvalue weighted by molar-refractivity contribution is 5.88. The first-order valence-corrected chi connectivity index (χ1v) is 8.86. The number of hydrogen-bond acceptors (Lipinski definition) is 7. The molecule has 8 nitrogen and oxygen atoms in total. The Hall–Kier alpha value is -3.86. The van der Waals surface area contributed by atoms with Crippen molar-refractivity contribution >= 4 is 22.4 Å². The normalized spacial score (nSPS) is 11.6. The first-order valence-electron chi connectivity index (χ1n) is 8.86. The molecule has 1 heterocycles. The predicted octanol–water partition coefficient (Wildman–Crippen LogP) is 4.51. The Morgan fingerprint density at radius 2 is 1.86 bits per heavy atom. The number of pyridine rings is 1. The average Bonchev–Trinajstić information content (AvgIpc) is 2.72. The number of aryl methyl sites for hydroxylation is 1. The lowest BCUT2D eigenvalue weighted by Gasteiger charge is -2.20. The van der Waals surface area contributed by atoms with Gasteiger partial charge in [0.15, 0.2) is 11.5 Å². The molecule has 0 radical (unpaired) electrons. The molecule has 0 spiro atoms.